The van der Waals surface area contributed by atoms with Crippen LogP contribution >= 0.6 is 0 Å². The van der Waals surface area contributed by atoms with E-state index in [4.69, 9.17) is 9.47 Å². The number of carbonyl (C=O) groups excluding carboxylic acids is 4. The van der Waals surface area contributed by atoms with E-state index in [1.165, 1.54) is 17.0 Å². The number of nitrogens with one attached hydrogen (secondary N) is 1. The Morgan fingerprint density at radius 3 is 2.47 bits per heavy atom. The van der Waals surface area contributed by atoms with Gasteiger partial charge in [0.25, 0.3) is 0 Å². The first-order chi connectivity index (χ1) is 17.4. The Kier molecular flexibility index (Phi) is 9.97. The van der Waals surface area contributed by atoms with Gasteiger partial charge in [0.05, 0.1) is 11.6 Å². The Balaban J connectivity index is 1.56. The summed E-state index contributed by atoms with van der Waals surface area (Å²) in [4.78, 5) is 52.0. The molecule has 36 heavy (non-hydrogen) atoms. The normalized spacial score (nSPS) is 15.7. The van der Waals surface area contributed by atoms with Crippen LogP contribution in [0.25, 0.3) is 0 Å². The summed E-state index contributed by atoms with van der Waals surface area (Å²) < 4.78 is 23.5. The predicted octanol–water partition coefficient (Wildman–Crippen LogP) is 4.03. The van der Waals surface area contributed by atoms with Crippen LogP contribution in [0.2, 0.25) is 0 Å². The smallest absolute Gasteiger partial charge is 0.410 e. The molecule has 3 rings (SSSR count). The van der Waals surface area contributed by atoms with Crippen molar-refractivity contribution in [1.29, 1.82) is 0 Å². The second-order valence-electron chi connectivity index (χ2n) is 8.64. The van der Waals surface area contributed by atoms with Crippen LogP contribution in [0, 0.1) is 5.82 Å². The Labute approximate surface area is 209 Å². The van der Waals surface area contributed by atoms with Crippen LogP contribution in [0.15, 0.2) is 54.6 Å². The molecule has 2 aromatic rings. The minimum atomic E-state index is -0.860. The van der Waals surface area contributed by atoms with Crippen LogP contribution in [-0.4, -0.2) is 53.9 Å². The molecule has 0 unspecified atom stereocenters. The highest BCUT2D eigenvalue weighted by atomic mass is 19.1. The molecule has 2 amide bonds. The fourth-order valence-corrected chi connectivity index (χ4v) is 3.96. The molecule has 1 fully saturated rings. The van der Waals surface area contributed by atoms with Gasteiger partial charge < -0.3 is 14.8 Å². The van der Waals surface area contributed by atoms with Gasteiger partial charge in [0.2, 0.25) is 5.91 Å². The number of likely N-dealkylation sites (tertiary alicyclic amines) is 1. The third kappa shape index (κ3) is 7.63. The standard InChI is InChI=1S/C27H31FN2O6/c1-2-3-10-22(24(31)18-35-26(33)20-12-14-21(28)15-13-20)29-25(32)23-11-7-16-30(23)27(34)36-17-19-8-5-4-6-9-19/h4-6,8-9,12-15,22-23H,2-3,7,10-11,16-18H2,1H3,(H,29,32)/t22-,23-/m0/s1. The summed E-state index contributed by atoms with van der Waals surface area (Å²) in [6.45, 7) is 1.91. The first-order valence-electron chi connectivity index (χ1n) is 12.1. The van der Waals surface area contributed by atoms with Gasteiger partial charge in [0.1, 0.15) is 18.5 Å². The van der Waals surface area contributed by atoms with Crippen molar-refractivity contribution < 1.29 is 33.0 Å². The average Bonchev–Trinajstić information content (AvgIpc) is 3.39. The van der Waals surface area contributed by atoms with Gasteiger partial charge in [-0.15, -0.1) is 0 Å². The van der Waals surface area contributed by atoms with Gasteiger partial charge in [-0.3, -0.25) is 14.5 Å². The summed E-state index contributed by atoms with van der Waals surface area (Å²) in [5.41, 5.74) is 0.959. The van der Waals surface area contributed by atoms with Gasteiger partial charge in [-0.25, -0.2) is 14.0 Å². The number of ether oxygens (including phenoxy) is 2. The van der Waals surface area contributed by atoms with Crippen LogP contribution in [0.4, 0.5) is 9.18 Å². The summed E-state index contributed by atoms with van der Waals surface area (Å²) in [5, 5.41) is 2.74. The number of amides is 2. The van der Waals surface area contributed by atoms with Crippen molar-refractivity contribution >= 4 is 23.8 Å². The summed E-state index contributed by atoms with van der Waals surface area (Å²) in [6.07, 6.45) is 2.37. The number of esters is 1. The molecule has 1 aliphatic heterocycles. The Hall–Kier alpha value is -3.75. The molecule has 1 aliphatic rings. The molecule has 0 aliphatic carbocycles. The van der Waals surface area contributed by atoms with E-state index in [2.05, 4.69) is 5.32 Å². The lowest BCUT2D eigenvalue weighted by molar-refractivity contribution is -0.131. The Morgan fingerprint density at radius 1 is 1.06 bits per heavy atom. The lowest BCUT2D eigenvalue weighted by atomic mass is 10.0. The van der Waals surface area contributed by atoms with Crippen LogP contribution in [-0.2, 0) is 25.7 Å². The van der Waals surface area contributed by atoms with E-state index in [0.717, 1.165) is 24.1 Å². The van der Waals surface area contributed by atoms with E-state index in [1.807, 2.05) is 37.3 Å². The van der Waals surface area contributed by atoms with E-state index in [9.17, 15) is 23.6 Å². The maximum Gasteiger partial charge on any atom is 0.410 e. The number of hydrogen-bond acceptors (Lipinski definition) is 6. The lowest BCUT2D eigenvalue weighted by Gasteiger charge is -2.25. The number of hydrogen-bond donors (Lipinski definition) is 1. The monoisotopic (exact) mass is 498 g/mol. The number of rotatable bonds is 11. The van der Waals surface area contributed by atoms with Crippen molar-refractivity contribution in [2.24, 2.45) is 0 Å². The lowest BCUT2D eigenvalue weighted by Crippen LogP contribution is -2.51. The zero-order valence-corrected chi connectivity index (χ0v) is 20.3. The van der Waals surface area contributed by atoms with Crippen LogP contribution in [0.5, 0.6) is 0 Å². The van der Waals surface area contributed by atoms with E-state index in [1.54, 1.807) is 0 Å². The highest BCUT2D eigenvalue weighted by molar-refractivity contribution is 5.95. The van der Waals surface area contributed by atoms with Crippen molar-refractivity contribution in [1.82, 2.24) is 10.2 Å². The third-order valence-electron chi connectivity index (χ3n) is 5.97. The van der Waals surface area contributed by atoms with Crippen molar-refractivity contribution in [2.45, 2.75) is 57.7 Å². The highest BCUT2D eigenvalue weighted by Crippen LogP contribution is 2.20. The van der Waals surface area contributed by atoms with Crippen LogP contribution in [0.1, 0.15) is 54.9 Å². The second-order valence-corrected chi connectivity index (χ2v) is 8.64. The number of unbranched alkanes of at least 4 members (excludes halogenated alkanes) is 1. The van der Waals surface area contributed by atoms with Gasteiger partial charge >= 0.3 is 12.1 Å². The molecular formula is C27H31FN2O6. The van der Waals surface area contributed by atoms with Crippen molar-refractivity contribution in [3.63, 3.8) is 0 Å². The fraction of sp³-hybridized carbons (Fsp3) is 0.407. The highest BCUT2D eigenvalue weighted by Gasteiger charge is 2.36. The Morgan fingerprint density at radius 2 is 1.78 bits per heavy atom. The molecule has 1 heterocycles. The molecule has 2 atom stereocenters. The van der Waals surface area contributed by atoms with Gasteiger partial charge in [-0.2, -0.15) is 0 Å². The molecule has 0 bridgehead atoms. The van der Waals surface area contributed by atoms with Crippen molar-refractivity contribution in [3.05, 3.63) is 71.5 Å². The summed E-state index contributed by atoms with van der Waals surface area (Å²) in [6, 6.07) is 12.4. The van der Waals surface area contributed by atoms with Crippen LogP contribution < -0.4 is 5.32 Å². The molecule has 1 N–H and O–H groups in total. The fourth-order valence-electron chi connectivity index (χ4n) is 3.96. The average molecular weight is 499 g/mol. The third-order valence-corrected chi connectivity index (χ3v) is 5.97. The molecule has 0 saturated carbocycles. The van der Waals surface area contributed by atoms with Gasteiger partial charge in [0.15, 0.2) is 12.4 Å². The molecule has 192 valence electrons. The number of halogens is 1. The molecule has 0 spiro atoms. The van der Waals surface area contributed by atoms with E-state index >= 15 is 0 Å². The number of benzene rings is 2. The topological polar surface area (TPSA) is 102 Å². The van der Waals surface area contributed by atoms with E-state index < -0.39 is 48.3 Å². The molecule has 0 radical (unpaired) electrons. The van der Waals surface area contributed by atoms with Crippen molar-refractivity contribution in [2.75, 3.05) is 13.2 Å². The number of ketones is 1. The molecule has 0 aromatic heterocycles. The summed E-state index contributed by atoms with van der Waals surface area (Å²) >= 11 is 0. The SMILES string of the molecule is CCCC[C@H](NC(=O)[C@@H]1CCCN1C(=O)OCc1ccccc1)C(=O)COC(=O)c1ccc(F)cc1. The maximum absolute atomic E-state index is 13.1. The van der Waals surface area contributed by atoms with E-state index in [0.29, 0.717) is 32.2 Å². The number of Topliss-reactive ketones (excluding diaryl/α,β-unsaturated/α-hetero) is 1. The van der Waals surface area contributed by atoms with Crippen LogP contribution in [0.3, 0.4) is 0 Å². The first-order valence-corrected chi connectivity index (χ1v) is 12.1. The molecule has 9 heteroatoms. The number of carbonyl (C=O) groups is 4. The van der Waals surface area contributed by atoms with Gasteiger partial charge in [0, 0.05) is 6.54 Å². The maximum atomic E-state index is 13.1. The molecule has 8 nitrogen and oxygen atoms in total. The van der Waals surface area contributed by atoms with Crippen molar-refractivity contribution in [3.8, 4) is 0 Å². The second kappa shape index (κ2) is 13.4. The largest absolute Gasteiger partial charge is 0.454 e. The minimum Gasteiger partial charge on any atom is -0.454 e. The predicted molar refractivity (Wildman–Crippen MR) is 130 cm³/mol. The molecular weight excluding hydrogens is 467 g/mol. The molecule has 2 aromatic carbocycles. The van der Waals surface area contributed by atoms with Gasteiger partial charge in [-0.05, 0) is 49.1 Å². The summed E-state index contributed by atoms with van der Waals surface area (Å²) in [5.74, 6) is -2.14. The molecule has 1 saturated heterocycles. The Bertz CT molecular complexity index is 1040. The van der Waals surface area contributed by atoms with Gasteiger partial charge in [-0.1, -0.05) is 50.1 Å². The zero-order chi connectivity index (χ0) is 25.9. The number of nitrogens with zero attached hydrogens (tertiary/aromatic N) is 1. The quantitative estimate of drug-likeness (QED) is 0.470. The first kappa shape index (κ1) is 26.8. The van der Waals surface area contributed by atoms with E-state index in [-0.39, 0.29) is 12.2 Å². The summed E-state index contributed by atoms with van der Waals surface area (Å²) in [7, 11) is 0. The minimum absolute atomic E-state index is 0.0988. The zero-order valence-electron chi connectivity index (χ0n) is 20.3.